The highest BCUT2D eigenvalue weighted by Gasteiger charge is 2.35. The zero-order valence-electron chi connectivity index (χ0n) is 13.3. The van der Waals surface area contributed by atoms with Crippen molar-refractivity contribution in [3.8, 4) is 0 Å². The van der Waals surface area contributed by atoms with Crippen LogP contribution in [0.1, 0.15) is 18.2 Å². The van der Waals surface area contributed by atoms with Crippen molar-refractivity contribution in [3.05, 3.63) is 17.6 Å². The molecule has 1 unspecified atom stereocenters. The van der Waals surface area contributed by atoms with Crippen LogP contribution in [0.3, 0.4) is 0 Å². The van der Waals surface area contributed by atoms with Gasteiger partial charge in [-0.1, -0.05) is 0 Å². The summed E-state index contributed by atoms with van der Waals surface area (Å²) >= 11 is 0. The lowest BCUT2D eigenvalue weighted by molar-refractivity contribution is -0.150. The Kier molecular flexibility index (Phi) is 3.91. The highest BCUT2D eigenvalue weighted by Crippen LogP contribution is 2.26. The van der Waals surface area contributed by atoms with Gasteiger partial charge in [0.15, 0.2) is 0 Å². The van der Waals surface area contributed by atoms with Crippen molar-refractivity contribution in [1.82, 2.24) is 24.5 Å². The van der Waals surface area contributed by atoms with Gasteiger partial charge in [0.25, 0.3) is 5.78 Å². The molecule has 1 aliphatic heterocycles. The largest absolute Gasteiger partial charge is 0.401 e. The Bertz CT molecular complexity index is 710. The van der Waals surface area contributed by atoms with Crippen molar-refractivity contribution >= 4 is 11.6 Å². The molecular formula is C14H19F3N6. The number of halogens is 3. The molecule has 1 saturated heterocycles. The van der Waals surface area contributed by atoms with E-state index in [-0.39, 0.29) is 6.04 Å². The van der Waals surface area contributed by atoms with Crippen molar-refractivity contribution in [2.75, 3.05) is 31.1 Å². The van der Waals surface area contributed by atoms with E-state index in [2.05, 4.69) is 20.0 Å². The SMILES string of the molecule is Cc1nc2ncnn2c(N2CCN(CC(F)(F)F)C(C)C2)c1C. The van der Waals surface area contributed by atoms with Crippen LogP contribution in [0, 0.1) is 13.8 Å². The Hall–Kier alpha value is -1.90. The molecule has 1 fully saturated rings. The van der Waals surface area contributed by atoms with Crippen molar-refractivity contribution in [1.29, 1.82) is 0 Å². The summed E-state index contributed by atoms with van der Waals surface area (Å²) in [6, 6.07) is -0.197. The molecule has 6 nitrogen and oxygen atoms in total. The first kappa shape index (κ1) is 16.0. The molecule has 0 radical (unpaired) electrons. The average Bonchev–Trinajstić information content (AvgIpc) is 2.89. The van der Waals surface area contributed by atoms with E-state index in [1.807, 2.05) is 20.8 Å². The van der Waals surface area contributed by atoms with Crippen LogP contribution in [0.4, 0.5) is 19.0 Å². The van der Waals surface area contributed by atoms with Gasteiger partial charge in [-0.3, -0.25) is 4.90 Å². The number of hydrogen-bond acceptors (Lipinski definition) is 5. The maximum absolute atomic E-state index is 12.6. The van der Waals surface area contributed by atoms with E-state index < -0.39 is 12.7 Å². The summed E-state index contributed by atoms with van der Waals surface area (Å²) in [5.41, 5.74) is 1.82. The van der Waals surface area contributed by atoms with Crippen LogP contribution in [0.5, 0.6) is 0 Å². The van der Waals surface area contributed by atoms with Crippen molar-refractivity contribution in [2.24, 2.45) is 0 Å². The van der Waals surface area contributed by atoms with Crippen molar-refractivity contribution < 1.29 is 13.2 Å². The van der Waals surface area contributed by atoms with E-state index in [4.69, 9.17) is 0 Å². The zero-order chi connectivity index (χ0) is 16.8. The third kappa shape index (κ3) is 3.10. The number of alkyl halides is 3. The van der Waals surface area contributed by atoms with Gasteiger partial charge in [0.05, 0.1) is 6.54 Å². The Balaban J connectivity index is 1.87. The standard InChI is InChI=1S/C14H19F3N6/c1-9-6-21(4-5-22(9)7-14(15,16)17)12-10(2)11(3)20-13-18-8-19-23(12)13/h8-9H,4-7H2,1-3H3. The molecule has 0 N–H and O–H groups in total. The van der Waals surface area contributed by atoms with Crippen molar-refractivity contribution in [3.63, 3.8) is 0 Å². The minimum absolute atomic E-state index is 0.197. The Labute approximate surface area is 131 Å². The van der Waals surface area contributed by atoms with Crippen molar-refractivity contribution in [2.45, 2.75) is 33.0 Å². The van der Waals surface area contributed by atoms with Gasteiger partial charge in [-0.25, -0.2) is 4.98 Å². The lowest BCUT2D eigenvalue weighted by Gasteiger charge is -2.41. The van der Waals surface area contributed by atoms with Gasteiger partial charge in [0.1, 0.15) is 12.1 Å². The molecule has 23 heavy (non-hydrogen) atoms. The molecular weight excluding hydrogens is 309 g/mol. The quantitative estimate of drug-likeness (QED) is 0.842. The van der Waals surface area contributed by atoms with E-state index in [0.29, 0.717) is 25.4 Å². The monoisotopic (exact) mass is 328 g/mol. The predicted octanol–water partition coefficient (Wildman–Crippen LogP) is 1.81. The van der Waals surface area contributed by atoms with Crippen LogP contribution < -0.4 is 4.90 Å². The van der Waals surface area contributed by atoms with Crippen LogP contribution in [-0.4, -0.2) is 62.9 Å². The fraction of sp³-hybridized carbons (Fsp3) is 0.643. The minimum atomic E-state index is -4.17. The molecule has 0 spiro atoms. The molecule has 0 bridgehead atoms. The zero-order valence-corrected chi connectivity index (χ0v) is 13.3. The van der Waals surface area contributed by atoms with Gasteiger partial charge in [-0.2, -0.15) is 27.8 Å². The van der Waals surface area contributed by atoms with E-state index in [9.17, 15) is 13.2 Å². The number of rotatable bonds is 2. The topological polar surface area (TPSA) is 49.6 Å². The molecule has 2 aromatic heterocycles. The molecule has 9 heteroatoms. The third-order valence-corrected chi connectivity index (χ3v) is 4.32. The smallest absolute Gasteiger partial charge is 0.353 e. The van der Waals surface area contributed by atoms with Crippen LogP contribution in [0.15, 0.2) is 6.33 Å². The molecule has 0 aromatic carbocycles. The summed E-state index contributed by atoms with van der Waals surface area (Å²) in [6.07, 6.45) is -2.73. The summed E-state index contributed by atoms with van der Waals surface area (Å²) < 4.78 is 39.6. The second-order valence-corrected chi connectivity index (χ2v) is 6.00. The number of aryl methyl sites for hydroxylation is 1. The molecule has 0 amide bonds. The van der Waals surface area contributed by atoms with E-state index in [1.54, 1.807) is 4.52 Å². The molecule has 3 heterocycles. The molecule has 3 rings (SSSR count). The van der Waals surface area contributed by atoms with E-state index >= 15 is 0 Å². The first-order valence-corrected chi connectivity index (χ1v) is 7.49. The van der Waals surface area contributed by atoms with E-state index in [1.165, 1.54) is 11.2 Å². The molecule has 0 saturated carbocycles. The lowest BCUT2D eigenvalue weighted by atomic mass is 10.1. The molecule has 1 atom stereocenters. The predicted molar refractivity (Wildman–Crippen MR) is 79.6 cm³/mol. The summed E-state index contributed by atoms with van der Waals surface area (Å²) in [5, 5.41) is 4.21. The van der Waals surface area contributed by atoms with E-state index in [0.717, 1.165) is 17.1 Å². The average molecular weight is 328 g/mol. The van der Waals surface area contributed by atoms with Crippen LogP contribution in [-0.2, 0) is 0 Å². The molecule has 1 aliphatic rings. The van der Waals surface area contributed by atoms with Gasteiger partial charge >= 0.3 is 6.18 Å². The number of piperazine rings is 1. The van der Waals surface area contributed by atoms with Gasteiger partial charge in [-0.15, -0.1) is 0 Å². The molecule has 2 aromatic rings. The van der Waals surface area contributed by atoms with Gasteiger partial charge in [0.2, 0.25) is 0 Å². The first-order chi connectivity index (χ1) is 10.8. The van der Waals surface area contributed by atoms with Crippen LogP contribution in [0.2, 0.25) is 0 Å². The number of fused-ring (bicyclic) bond motifs is 1. The van der Waals surface area contributed by atoms with Gasteiger partial charge in [0, 0.05) is 36.9 Å². The van der Waals surface area contributed by atoms with Crippen LogP contribution >= 0.6 is 0 Å². The number of nitrogens with zero attached hydrogens (tertiary/aromatic N) is 6. The Morgan fingerprint density at radius 1 is 1.26 bits per heavy atom. The van der Waals surface area contributed by atoms with Gasteiger partial charge < -0.3 is 4.90 Å². The summed E-state index contributed by atoms with van der Waals surface area (Å²) in [5.74, 6) is 1.37. The normalized spacial score (nSPS) is 20.4. The highest BCUT2D eigenvalue weighted by molar-refractivity contribution is 5.54. The number of anilines is 1. The van der Waals surface area contributed by atoms with Gasteiger partial charge in [-0.05, 0) is 20.8 Å². The first-order valence-electron chi connectivity index (χ1n) is 7.49. The molecule has 0 aliphatic carbocycles. The fourth-order valence-electron chi connectivity index (χ4n) is 3.04. The highest BCUT2D eigenvalue weighted by atomic mass is 19.4. The number of hydrogen-bond donors (Lipinski definition) is 0. The third-order valence-electron chi connectivity index (χ3n) is 4.32. The summed E-state index contributed by atoms with van der Waals surface area (Å²) in [4.78, 5) is 12.0. The maximum atomic E-state index is 12.6. The minimum Gasteiger partial charge on any atom is -0.353 e. The maximum Gasteiger partial charge on any atom is 0.401 e. The molecule has 126 valence electrons. The Morgan fingerprint density at radius 2 is 2.00 bits per heavy atom. The summed E-state index contributed by atoms with van der Waals surface area (Å²) in [7, 11) is 0. The van der Waals surface area contributed by atoms with Crippen LogP contribution in [0.25, 0.3) is 5.78 Å². The fourth-order valence-corrected chi connectivity index (χ4v) is 3.04. The summed E-state index contributed by atoms with van der Waals surface area (Å²) in [6.45, 7) is 6.18. The second-order valence-electron chi connectivity index (χ2n) is 6.00. The lowest BCUT2D eigenvalue weighted by Crippen LogP contribution is -2.54. The number of aromatic nitrogens is 4. The Morgan fingerprint density at radius 3 is 2.65 bits per heavy atom. The second kappa shape index (κ2) is 5.63.